The van der Waals surface area contributed by atoms with Crippen LogP contribution in [0.1, 0.15) is 19.3 Å². The average molecular weight is 184 g/mol. The zero-order valence-corrected chi connectivity index (χ0v) is 8.24. The zero-order valence-electron chi connectivity index (χ0n) is 8.24. The Morgan fingerprint density at radius 3 is 2.69 bits per heavy atom. The molecule has 76 valence electrons. The van der Waals surface area contributed by atoms with E-state index in [0.717, 1.165) is 26.2 Å². The van der Waals surface area contributed by atoms with Crippen molar-refractivity contribution >= 4 is 0 Å². The first kappa shape index (κ1) is 9.44. The summed E-state index contributed by atoms with van der Waals surface area (Å²) < 4.78 is 5.54. The molecule has 13 heavy (non-hydrogen) atoms. The van der Waals surface area contributed by atoms with Gasteiger partial charge in [-0.05, 0) is 38.9 Å². The molecule has 0 bridgehead atoms. The van der Waals surface area contributed by atoms with Gasteiger partial charge < -0.3 is 10.5 Å². The molecule has 2 atom stereocenters. The monoisotopic (exact) mass is 184 g/mol. The summed E-state index contributed by atoms with van der Waals surface area (Å²) in [4.78, 5) is 2.59. The zero-order chi connectivity index (χ0) is 9.10. The van der Waals surface area contributed by atoms with Crippen LogP contribution in [0.25, 0.3) is 0 Å². The first-order valence-electron chi connectivity index (χ1n) is 5.43. The van der Waals surface area contributed by atoms with Crippen molar-refractivity contribution in [3.8, 4) is 0 Å². The fourth-order valence-electron chi connectivity index (χ4n) is 2.55. The van der Waals surface area contributed by atoms with E-state index in [-0.39, 0.29) is 0 Å². The van der Waals surface area contributed by atoms with Crippen LogP contribution in [0.2, 0.25) is 0 Å². The molecule has 2 rings (SSSR count). The average Bonchev–Trinajstić information content (AvgIpc) is 2.71. The van der Waals surface area contributed by atoms with E-state index in [1.807, 2.05) is 0 Å². The van der Waals surface area contributed by atoms with Crippen molar-refractivity contribution < 1.29 is 4.74 Å². The number of nitrogens with two attached hydrogens (primary N) is 1. The van der Waals surface area contributed by atoms with E-state index < -0.39 is 0 Å². The van der Waals surface area contributed by atoms with Gasteiger partial charge in [0.25, 0.3) is 0 Å². The number of hydrogen-bond donors (Lipinski definition) is 1. The standard InChI is InChI=1S/C10H20N2O/c11-4-3-9-7-13-8-10(9)12-5-1-2-6-12/h9-10H,1-8,11H2. The van der Waals surface area contributed by atoms with Crippen LogP contribution in [0.4, 0.5) is 0 Å². The number of rotatable bonds is 3. The third kappa shape index (κ3) is 2.03. The molecule has 0 saturated carbocycles. The smallest absolute Gasteiger partial charge is 0.0625 e. The van der Waals surface area contributed by atoms with Gasteiger partial charge in [-0.15, -0.1) is 0 Å². The first-order valence-corrected chi connectivity index (χ1v) is 5.43. The lowest BCUT2D eigenvalue weighted by atomic mass is 9.99. The lowest BCUT2D eigenvalue weighted by molar-refractivity contribution is 0.158. The lowest BCUT2D eigenvalue weighted by Crippen LogP contribution is -2.38. The topological polar surface area (TPSA) is 38.5 Å². The molecular weight excluding hydrogens is 164 g/mol. The Hall–Kier alpha value is -0.120. The summed E-state index contributed by atoms with van der Waals surface area (Å²) in [5, 5.41) is 0. The van der Waals surface area contributed by atoms with Gasteiger partial charge in [0.15, 0.2) is 0 Å². The summed E-state index contributed by atoms with van der Waals surface area (Å²) in [6, 6.07) is 0.672. The largest absolute Gasteiger partial charge is 0.379 e. The number of hydrogen-bond acceptors (Lipinski definition) is 3. The van der Waals surface area contributed by atoms with Gasteiger partial charge in [0.05, 0.1) is 13.2 Å². The maximum absolute atomic E-state index is 5.60. The molecule has 0 aromatic carbocycles. The molecule has 0 radical (unpaired) electrons. The van der Waals surface area contributed by atoms with Gasteiger partial charge in [0, 0.05) is 12.0 Å². The Kier molecular flexibility index (Phi) is 3.19. The van der Waals surface area contributed by atoms with Crippen molar-refractivity contribution in [2.75, 3.05) is 32.8 Å². The lowest BCUT2D eigenvalue weighted by Gasteiger charge is -2.27. The van der Waals surface area contributed by atoms with Crippen LogP contribution in [0.5, 0.6) is 0 Å². The molecule has 0 amide bonds. The number of ether oxygens (including phenoxy) is 1. The molecule has 3 heteroatoms. The Morgan fingerprint density at radius 2 is 2.00 bits per heavy atom. The summed E-state index contributed by atoms with van der Waals surface area (Å²) in [6.07, 6.45) is 3.86. The van der Waals surface area contributed by atoms with Crippen molar-refractivity contribution in [3.05, 3.63) is 0 Å². The molecule has 2 heterocycles. The second-order valence-corrected chi connectivity index (χ2v) is 4.19. The molecular formula is C10H20N2O. The van der Waals surface area contributed by atoms with Gasteiger partial charge in [-0.3, -0.25) is 4.90 Å². The highest BCUT2D eigenvalue weighted by Crippen LogP contribution is 2.25. The van der Waals surface area contributed by atoms with Crippen LogP contribution >= 0.6 is 0 Å². The molecule has 0 spiro atoms. The van der Waals surface area contributed by atoms with E-state index in [1.165, 1.54) is 25.9 Å². The summed E-state index contributed by atoms with van der Waals surface area (Å²) in [6.45, 7) is 5.21. The van der Waals surface area contributed by atoms with Gasteiger partial charge >= 0.3 is 0 Å². The predicted molar refractivity (Wildman–Crippen MR) is 52.6 cm³/mol. The predicted octanol–water partition coefficient (Wildman–Crippen LogP) is 0.446. The van der Waals surface area contributed by atoms with Gasteiger partial charge in [-0.1, -0.05) is 0 Å². The molecule has 0 aromatic rings. The quantitative estimate of drug-likeness (QED) is 0.692. The van der Waals surface area contributed by atoms with Crippen LogP contribution in [0.3, 0.4) is 0 Å². The van der Waals surface area contributed by atoms with Crippen molar-refractivity contribution in [3.63, 3.8) is 0 Å². The van der Waals surface area contributed by atoms with E-state index >= 15 is 0 Å². The number of likely N-dealkylation sites (tertiary alicyclic amines) is 1. The molecule has 2 N–H and O–H groups in total. The highest BCUT2D eigenvalue weighted by molar-refractivity contribution is 4.86. The van der Waals surface area contributed by atoms with Crippen molar-refractivity contribution in [1.82, 2.24) is 4.90 Å². The molecule has 0 aromatic heterocycles. The van der Waals surface area contributed by atoms with Gasteiger partial charge in [-0.2, -0.15) is 0 Å². The van der Waals surface area contributed by atoms with E-state index in [2.05, 4.69) is 4.90 Å². The van der Waals surface area contributed by atoms with Crippen LogP contribution < -0.4 is 5.73 Å². The van der Waals surface area contributed by atoms with Crippen molar-refractivity contribution in [2.24, 2.45) is 11.7 Å². The van der Waals surface area contributed by atoms with E-state index in [1.54, 1.807) is 0 Å². The minimum absolute atomic E-state index is 0.672. The maximum atomic E-state index is 5.60. The Bertz CT molecular complexity index is 157. The normalized spacial score (nSPS) is 35.8. The number of nitrogens with zero attached hydrogens (tertiary/aromatic N) is 1. The Balaban J connectivity index is 1.88. The third-order valence-corrected chi connectivity index (χ3v) is 3.31. The highest BCUT2D eigenvalue weighted by atomic mass is 16.5. The fourth-order valence-corrected chi connectivity index (χ4v) is 2.55. The molecule has 3 nitrogen and oxygen atoms in total. The Labute approximate surface area is 80.2 Å². The molecule has 0 aliphatic carbocycles. The summed E-state index contributed by atoms with van der Waals surface area (Å²) in [5.74, 6) is 0.697. The van der Waals surface area contributed by atoms with Crippen LogP contribution in [-0.2, 0) is 4.74 Å². The molecule has 2 aliphatic rings. The SMILES string of the molecule is NCCC1COCC1N1CCCC1. The minimum Gasteiger partial charge on any atom is -0.379 e. The van der Waals surface area contributed by atoms with E-state index in [4.69, 9.17) is 10.5 Å². The van der Waals surface area contributed by atoms with Gasteiger partial charge in [-0.25, -0.2) is 0 Å². The second kappa shape index (κ2) is 4.40. The Morgan fingerprint density at radius 1 is 1.23 bits per heavy atom. The van der Waals surface area contributed by atoms with Crippen LogP contribution in [-0.4, -0.2) is 43.8 Å². The summed E-state index contributed by atoms with van der Waals surface area (Å²) in [5.41, 5.74) is 5.60. The minimum atomic E-state index is 0.672. The van der Waals surface area contributed by atoms with Crippen molar-refractivity contribution in [1.29, 1.82) is 0 Å². The molecule has 2 aliphatic heterocycles. The van der Waals surface area contributed by atoms with Crippen molar-refractivity contribution in [2.45, 2.75) is 25.3 Å². The first-order chi connectivity index (χ1) is 6.42. The fraction of sp³-hybridized carbons (Fsp3) is 1.00. The van der Waals surface area contributed by atoms with E-state index in [9.17, 15) is 0 Å². The van der Waals surface area contributed by atoms with Crippen LogP contribution in [0.15, 0.2) is 0 Å². The van der Waals surface area contributed by atoms with Crippen LogP contribution in [0, 0.1) is 5.92 Å². The molecule has 2 saturated heterocycles. The molecule has 2 fully saturated rings. The summed E-state index contributed by atoms with van der Waals surface area (Å²) >= 11 is 0. The second-order valence-electron chi connectivity index (χ2n) is 4.19. The third-order valence-electron chi connectivity index (χ3n) is 3.31. The van der Waals surface area contributed by atoms with Gasteiger partial charge in [0.2, 0.25) is 0 Å². The van der Waals surface area contributed by atoms with E-state index in [0.29, 0.717) is 12.0 Å². The van der Waals surface area contributed by atoms with Gasteiger partial charge in [0.1, 0.15) is 0 Å². The molecule has 2 unspecified atom stereocenters. The maximum Gasteiger partial charge on any atom is 0.0625 e. The highest BCUT2D eigenvalue weighted by Gasteiger charge is 2.33. The summed E-state index contributed by atoms with van der Waals surface area (Å²) in [7, 11) is 0.